The highest BCUT2D eigenvalue weighted by molar-refractivity contribution is 5.79. The van der Waals surface area contributed by atoms with Crippen molar-refractivity contribution in [1.29, 1.82) is 0 Å². The Morgan fingerprint density at radius 3 is 2.70 bits per heavy atom. The molecule has 1 aliphatic heterocycles. The molecule has 0 radical (unpaired) electrons. The molecule has 1 N–H and O–H groups in total. The molecule has 0 saturated heterocycles. The molecule has 0 aliphatic carbocycles. The molecule has 5 heteroatoms. The first kappa shape index (κ1) is 17.3. The van der Waals surface area contributed by atoms with E-state index in [0.717, 1.165) is 34.0 Å². The van der Waals surface area contributed by atoms with Crippen molar-refractivity contribution in [3.05, 3.63) is 77.1 Å². The van der Waals surface area contributed by atoms with E-state index >= 15 is 0 Å². The molecule has 2 aromatic carbocycles. The molecule has 0 saturated carbocycles. The van der Waals surface area contributed by atoms with E-state index in [-0.39, 0.29) is 11.8 Å². The number of rotatable bonds is 4. The largest absolute Gasteiger partial charge is 0.492 e. The van der Waals surface area contributed by atoms with E-state index in [2.05, 4.69) is 10.4 Å². The number of ether oxygens (including phenoxy) is 1. The minimum Gasteiger partial charge on any atom is -0.492 e. The number of hydrogen-bond donors (Lipinski definition) is 1. The Kier molecular flexibility index (Phi) is 4.67. The molecule has 27 heavy (non-hydrogen) atoms. The van der Waals surface area contributed by atoms with Gasteiger partial charge in [0.1, 0.15) is 12.4 Å². The molecular weight excluding hydrogens is 338 g/mol. The Morgan fingerprint density at radius 1 is 1.15 bits per heavy atom. The number of hydrogen-bond acceptors (Lipinski definition) is 3. The number of aromatic nitrogens is 2. The van der Waals surface area contributed by atoms with Crippen LogP contribution in [0.5, 0.6) is 5.75 Å². The fourth-order valence-electron chi connectivity index (χ4n) is 3.57. The summed E-state index contributed by atoms with van der Waals surface area (Å²) in [6, 6.07) is 17.9. The van der Waals surface area contributed by atoms with Gasteiger partial charge in [0.25, 0.3) is 0 Å². The number of benzene rings is 2. The van der Waals surface area contributed by atoms with Gasteiger partial charge in [-0.3, -0.25) is 4.79 Å². The number of para-hydroxylation sites is 2. The van der Waals surface area contributed by atoms with Gasteiger partial charge < -0.3 is 10.1 Å². The molecule has 5 nitrogen and oxygen atoms in total. The number of nitrogens with zero attached hydrogens (tertiary/aromatic N) is 2. The third-order valence-corrected chi connectivity index (χ3v) is 5.13. The van der Waals surface area contributed by atoms with Gasteiger partial charge in [-0.15, -0.1) is 0 Å². The van der Waals surface area contributed by atoms with Gasteiger partial charge in [0, 0.05) is 17.8 Å². The summed E-state index contributed by atoms with van der Waals surface area (Å²) in [6.07, 6.45) is 0.712. The van der Waals surface area contributed by atoms with Crippen molar-refractivity contribution in [3.8, 4) is 11.4 Å². The summed E-state index contributed by atoms with van der Waals surface area (Å²) in [4.78, 5) is 12.7. The third-order valence-electron chi connectivity index (χ3n) is 5.13. The quantitative estimate of drug-likeness (QED) is 0.775. The second-order valence-electron chi connectivity index (χ2n) is 6.93. The van der Waals surface area contributed by atoms with E-state index in [9.17, 15) is 4.79 Å². The first-order chi connectivity index (χ1) is 13.1. The van der Waals surface area contributed by atoms with Gasteiger partial charge in [0.15, 0.2) is 0 Å². The highest BCUT2D eigenvalue weighted by Gasteiger charge is 2.26. The smallest absolute Gasteiger partial charge is 0.227 e. The summed E-state index contributed by atoms with van der Waals surface area (Å²) in [6.45, 7) is 4.91. The average molecular weight is 361 g/mol. The maximum absolute atomic E-state index is 12.7. The van der Waals surface area contributed by atoms with Gasteiger partial charge in [-0.2, -0.15) is 5.10 Å². The number of fused-ring (bicyclic) bond motifs is 1. The number of aryl methyl sites for hydroxylation is 1. The van der Waals surface area contributed by atoms with Crippen LogP contribution < -0.4 is 10.1 Å². The van der Waals surface area contributed by atoms with Crippen LogP contribution in [0, 0.1) is 19.8 Å². The molecule has 0 spiro atoms. The molecule has 138 valence electrons. The number of carbonyl (C=O) groups is 1. The summed E-state index contributed by atoms with van der Waals surface area (Å²) in [5.74, 6) is 0.748. The fourth-order valence-corrected chi connectivity index (χ4v) is 3.57. The number of amides is 1. The first-order valence-corrected chi connectivity index (χ1v) is 9.22. The molecule has 0 fully saturated rings. The van der Waals surface area contributed by atoms with E-state index in [1.807, 2.05) is 73.1 Å². The van der Waals surface area contributed by atoms with E-state index in [1.54, 1.807) is 0 Å². The minimum atomic E-state index is -0.162. The highest BCUT2D eigenvalue weighted by atomic mass is 16.5. The molecule has 1 unspecified atom stereocenters. The zero-order valence-corrected chi connectivity index (χ0v) is 15.6. The van der Waals surface area contributed by atoms with Crippen LogP contribution in [0.2, 0.25) is 0 Å². The van der Waals surface area contributed by atoms with Gasteiger partial charge >= 0.3 is 0 Å². The lowest BCUT2D eigenvalue weighted by molar-refractivity contribution is -0.126. The Labute approximate surface area is 159 Å². The van der Waals surface area contributed by atoms with E-state index < -0.39 is 0 Å². The maximum Gasteiger partial charge on any atom is 0.227 e. The van der Waals surface area contributed by atoms with Crippen LogP contribution in [-0.2, 0) is 17.8 Å². The first-order valence-electron chi connectivity index (χ1n) is 9.22. The maximum atomic E-state index is 12.7. The molecule has 1 amide bonds. The third kappa shape index (κ3) is 3.45. The lowest BCUT2D eigenvalue weighted by atomic mass is 9.96. The summed E-state index contributed by atoms with van der Waals surface area (Å²) < 4.78 is 7.67. The van der Waals surface area contributed by atoms with Crippen LogP contribution >= 0.6 is 0 Å². The van der Waals surface area contributed by atoms with E-state index in [4.69, 9.17) is 4.74 Å². The zero-order valence-electron chi connectivity index (χ0n) is 15.6. The standard InChI is InChI=1S/C22H23N3O2/c1-15-20(16(2)25(24-15)19-9-4-3-5-10-19)13-23-22(26)18-12-17-8-6-7-11-21(17)27-14-18/h3-11,18H,12-14H2,1-2H3,(H,23,26). The molecule has 2 heterocycles. The van der Waals surface area contributed by atoms with Crippen molar-refractivity contribution in [2.24, 2.45) is 5.92 Å². The van der Waals surface area contributed by atoms with Gasteiger partial charge in [0.05, 0.1) is 17.3 Å². The predicted molar refractivity (Wildman–Crippen MR) is 104 cm³/mol. The lowest BCUT2D eigenvalue weighted by Crippen LogP contribution is -2.37. The summed E-state index contributed by atoms with van der Waals surface area (Å²) in [5.41, 5.74) is 5.15. The number of nitrogens with one attached hydrogen (secondary N) is 1. The molecule has 1 aliphatic rings. The van der Waals surface area contributed by atoms with Crippen LogP contribution in [0.4, 0.5) is 0 Å². The van der Waals surface area contributed by atoms with Crippen LogP contribution in [0.1, 0.15) is 22.5 Å². The topological polar surface area (TPSA) is 56.2 Å². The second-order valence-corrected chi connectivity index (χ2v) is 6.93. The predicted octanol–water partition coefficient (Wildman–Crippen LogP) is 3.36. The van der Waals surface area contributed by atoms with Crippen molar-refractivity contribution < 1.29 is 9.53 Å². The van der Waals surface area contributed by atoms with Gasteiger partial charge in [-0.1, -0.05) is 36.4 Å². The zero-order chi connectivity index (χ0) is 18.8. The van der Waals surface area contributed by atoms with E-state index in [0.29, 0.717) is 19.6 Å². The van der Waals surface area contributed by atoms with E-state index in [1.165, 1.54) is 0 Å². The molecular formula is C22H23N3O2. The Balaban J connectivity index is 1.45. The van der Waals surface area contributed by atoms with Crippen molar-refractivity contribution in [1.82, 2.24) is 15.1 Å². The Hall–Kier alpha value is -3.08. The normalized spacial score (nSPS) is 15.7. The van der Waals surface area contributed by atoms with Crippen LogP contribution in [0.3, 0.4) is 0 Å². The van der Waals surface area contributed by atoms with Crippen molar-refractivity contribution in [2.45, 2.75) is 26.8 Å². The lowest BCUT2D eigenvalue weighted by Gasteiger charge is -2.24. The van der Waals surface area contributed by atoms with Gasteiger partial charge in [0.2, 0.25) is 5.91 Å². The van der Waals surface area contributed by atoms with Crippen molar-refractivity contribution in [2.75, 3.05) is 6.61 Å². The molecule has 3 aromatic rings. The summed E-state index contributed by atoms with van der Waals surface area (Å²) in [5, 5.41) is 7.71. The Morgan fingerprint density at radius 2 is 1.89 bits per heavy atom. The molecule has 1 aromatic heterocycles. The minimum absolute atomic E-state index is 0.0239. The molecule has 1 atom stereocenters. The molecule has 0 bridgehead atoms. The monoisotopic (exact) mass is 361 g/mol. The molecule has 4 rings (SSSR count). The fraction of sp³-hybridized carbons (Fsp3) is 0.273. The van der Waals surface area contributed by atoms with Gasteiger partial charge in [-0.25, -0.2) is 4.68 Å². The van der Waals surface area contributed by atoms with Crippen LogP contribution in [0.15, 0.2) is 54.6 Å². The Bertz CT molecular complexity index is 963. The van der Waals surface area contributed by atoms with Crippen LogP contribution in [-0.4, -0.2) is 22.3 Å². The highest BCUT2D eigenvalue weighted by Crippen LogP contribution is 2.27. The van der Waals surface area contributed by atoms with Crippen LogP contribution in [0.25, 0.3) is 5.69 Å². The average Bonchev–Trinajstić information content (AvgIpc) is 3.00. The van der Waals surface area contributed by atoms with Gasteiger partial charge in [-0.05, 0) is 44.0 Å². The van der Waals surface area contributed by atoms with Crippen molar-refractivity contribution in [3.63, 3.8) is 0 Å². The van der Waals surface area contributed by atoms with Crippen molar-refractivity contribution >= 4 is 5.91 Å². The summed E-state index contributed by atoms with van der Waals surface area (Å²) in [7, 11) is 0. The number of carbonyl (C=O) groups excluding carboxylic acids is 1. The SMILES string of the molecule is Cc1nn(-c2ccccc2)c(C)c1CNC(=O)C1COc2ccccc2C1. The second kappa shape index (κ2) is 7.27. The summed E-state index contributed by atoms with van der Waals surface area (Å²) >= 11 is 0.